The molecular weight excluding hydrogens is 326 g/mol. The normalized spacial score (nSPS) is 34.2. The predicted octanol–water partition coefficient (Wildman–Crippen LogP) is 1.43. The molecule has 0 spiro atoms. The van der Waals surface area contributed by atoms with Gasteiger partial charge in [-0.25, -0.2) is 17.2 Å². The van der Waals surface area contributed by atoms with Crippen LogP contribution in [0.15, 0.2) is 0 Å². The molecule has 23 heavy (non-hydrogen) atoms. The van der Waals surface area contributed by atoms with E-state index in [9.17, 15) is 22.3 Å². The first-order valence-electron chi connectivity index (χ1n) is 8.52. The van der Waals surface area contributed by atoms with E-state index < -0.39 is 21.5 Å². The molecular formula is C15H26F2N2O3S. The second-order valence-electron chi connectivity index (χ2n) is 7.39. The minimum atomic E-state index is -3.33. The monoisotopic (exact) mass is 352 g/mol. The Morgan fingerprint density at radius 1 is 1.04 bits per heavy atom. The molecule has 0 unspecified atom stereocenters. The molecule has 3 fully saturated rings. The van der Waals surface area contributed by atoms with Crippen molar-refractivity contribution in [2.75, 3.05) is 32.7 Å². The third kappa shape index (κ3) is 3.86. The van der Waals surface area contributed by atoms with Gasteiger partial charge in [-0.2, -0.15) is 4.31 Å². The van der Waals surface area contributed by atoms with Crippen molar-refractivity contribution < 1.29 is 22.3 Å². The Labute approximate surface area is 136 Å². The standard InChI is InChI=1S/C15H26F2N2O3S/c16-15(17)6-8-18(9-7-15)11-14(20)5-10-19(12-14)23(21,22)13-3-1-2-4-13/h13,20H,1-12H2/t14-/m0/s1. The lowest BCUT2D eigenvalue weighted by molar-refractivity contribution is -0.0716. The number of aliphatic hydroxyl groups is 1. The summed E-state index contributed by atoms with van der Waals surface area (Å²) in [4.78, 5) is 1.84. The lowest BCUT2D eigenvalue weighted by Crippen LogP contribution is -2.50. The van der Waals surface area contributed by atoms with Gasteiger partial charge < -0.3 is 5.11 Å². The van der Waals surface area contributed by atoms with Crippen LogP contribution in [0.5, 0.6) is 0 Å². The van der Waals surface area contributed by atoms with Gasteiger partial charge in [0.1, 0.15) is 0 Å². The fraction of sp³-hybridized carbons (Fsp3) is 1.00. The van der Waals surface area contributed by atoms with Gasteiger partial charge in [-0.3, -0.25) is 4.90 Å². The van der Waals surface area contributed by atoms with E-state index in [0.717, 1.165) is 12.8 Å². The molecule has 3 rings (SSSR count). The number of hydrogen-bond acceptors (Lipinski definition) is 4. The van der Waals surface area contributed by atoms with Gasteiger partial charge in [0.15, 0.2) is 0 Å². The molecule has 0 aromatic rings. The lowest BCUT2D eigenvalue weighted by Gasteiger charge is -2.36. The molecule has 134 valence electrons. The van der Waals surface area contributed by atoms with Gasteiger partial charge >= 0.3 is 0 Å². The van der Waals surface area contributed by atoms with Gasteiger partial charge in [-0.1, -0.05) is 12.8 Å². The number of alkyl halides is 2. The topological polar surface area (TPSA) is 60.9 Å². The summed E-state index contributed by atoms with van der Waals surface area (Å²) in [6.45, 7) is 1.22. The minimum Gasteiger partial charge on any atom is -0.387 e. The molecule has 0 amide bonds. The molecule has 5 nitrogen and oxygen atoms in total. The number of β-amino-alcohol motifs (C(OH)–C–C–N with tert-alkyl or cyclic N) is 1. The van der Waals surface area contributed by atoms with Crippen LogP contribution in [-0.2, 0) is 10.0 Å². The summed E-state index contributed by atoms with van der Waals surface area (Å²) in [6, 6.07) is 0. The Kier molecular flexibility index (Phi) is 4.72. The van der Waals surface area contributed by atoms with E-state index in [4.69, 9.17) is 0 Å². The van der Waals surface area contributed by atoms with Crippen LogP contribution in [0.1, 0.15) is 44.9 Å². The van der Waals surface area contributed by atoms with E-state index in [-0.39, 0.29) is 44.3 Å². The van der Waals surface area contributed by atoms with Crippen molar-refractivity contribution in [2.24, 2.45) is 0 Å². The fourth-order valence-corrected chi connectivity index (χ4v) is 6.13. The van der Waals surface area contributed by atoms with Crippen molar-refractivity contribution in [1.82, 2.24) is 9.21 Å². The van der Waals surface area contributed by atoms with E-state index in [1.165, 1.54) is 4.31 Å². The van der Waals surface area contributed by atoms with Gasteiger partial charge in [-0.05, 0) is 19.3 Å². The number of hydrogen-bond donors (Lipinski definition) is 1. The zero-order chi connectivity index (χ0) is 16.7. The Morgan fingerprint density at radius 3 is 2.26 bits per heavy atom. The summed E-state index contributed by atoms with van der Waals surface area (Å²) in [5, 5.41) is 10.4. The van der Waals surface area contributed by atoms with Crippen LogP contribution >= 0.6 is 0 Å². The number of sulfonamides is 1. The molecule has 0 radical (unpaired) electrons. The first-order valence-corrected chi connectivity index (χ1v) is 10.0. The summed E-state index contributed by atoms with van der Waals surface area (Å²) in [5.41, 5.74) is -1.11. The Hall–Kier alpha value is -0.310. The van der Waals surface area contributed by atoms with Crippen LogP contribution in [0.25, 0.3) is 0 Å². The number of nitrogens with zero attached hydrogens (tertiary/aromatic N) is 2. The van der Waals surface area contributed by atoms with Crippen molar-refractivity contribution in [1.29, 1.82) is 0 Å². The second-order valence-corrected chi connectivity index (χ2v) is 9.60. The van der Waals surface area contributed by atoms with Crippen LogP contribution < -0.4 is 0 Å². The van der Waals surface area contributed by atoms with Crippen molar-refractivity contribution in [2.45, 2.75) is 61.7 Å². The maximum Gasteiger partial charge on any atom is 0.250 e. The van der Waals surface area contributed by atoms with Gasteiger partial charge in [0.25, 0.3) is 5.92 Å². The highest BCUT2D eigenvalue weighted by molar-refractivity contribution is 7.89. The van der Waals surface area contributed by atoms with Gasteiger partial charge in [0, 0.05) is 45.6 Å². The van der Waals surface area contributed by atoms with Gasteiger partial charge in [0.2, 0.25) is 10.0 Å². The third-order valence-corrected chi connectivity index (χ3v) is 7.83. The van der Waals surface area contributed by atoms with E-state index in [1.54, 1.807) is 0 Å². The molecule has 1 saturated carbocycles. The Bertz CT molecular complexity index is 527. The van der Waals surface area contributed by atoms with Gasteiger partial charge in [0.05, 0.1) is 10.9 Å². The zero-order valence-electron chi connectivity index (χ0n) is 13.4. The average Bonchev–Trinajstić information content (AvgIpc) is 3.12. The number of rotatable bonds is 4. The van der Waals surface area contributed by atoms with Crippen molar-refractivity contribution >= 4 is 10.0 Å². The number of halogens is 2. The van der Waals surface area contributed by atoms with E-state index in [0.29, 0.717) is 25.8 Å². The molecule has 2 heterocycles. The molecule has 0 bridgehead atoms. The summed E-state index contributed by atoms with van der Waals surface area (Å²) in [6.07, 6.45) is 3.32. The smallest absolute Gasteiger partial charge is 0.250 e. The molecule has 3 aliphatic rings. The largest absolute Gasteiger partial charge is 0.387 e. The highest BCUT2D eigenvalue weighted by atomic mass is 32.2. The number of likely N-dealkylation sites (tertiary alicyclic amines) is 1. The maximum absolute atomic E-state index is 13.2. The molecule has 2 aliphatic heterocycles. The van der Waals surface area contributed by atoms with Crippen molar-refractivity contribution in [3.8, 4) is 0 Å². The maximum atomic E-state index is 13.2. The molecule has 0 aromatic heterocycles. The highest BCUT2D eigenvalue weighted by Gasteiger charge is 2.46. The van der Waals surface area contributed by atoms with Crippen LogP contribution in [0, 0.1) is 0 Å². The van der Waals surface area contributed by atoms with E-state index in [2.05, 4.69) is 0 Å². The van der Waals surface area contributed by atoms with E-state index in [1.807, 2.05) is 4.90 Å². The summed E-state index contributed by atoms with van der Waals surface area (Å²) < 4.78 is 53.0. The zero-order valence-corrected chi connectivity index (χ0v) is 14.2. The van der Waals surface area contributed by atoms with Crippen molar-refractivity contribution in [3.05, 3.63) is 0 Å². The Morgan fingerprint density at radius 2 is 1.65 bits per heavy atom. The van der Waals surface area contributed by atoms with E-state index >= 15 is 0 Å². The molecule has 2 saturated heterocycles. The summed E-state index contributed by atoms with van der Waals surface area (Å²) in [5.74, 6) is -2.60. The molecule has 8 heteroatoms. The molecule has 1 atom stereocenters. The second kappa shape index (κ2) is 6.20. The van der Waals surface area contributed by atoms with Crippen LogP contribution in [0.3, 0.4) is 0 Å². The minimum absolute atomic E-state index is 0.0960. The average molecular weight is 352 g/mol. The molecule has 1 aliphatic carbocycles. The summed E-state index contributed by atoms with van der Waals surface area (Å²) >= 11 is 0. The summed E-state index contributed by atoms with van der Waals surface area (Å²) in [7, 11) is -3.33. The number of piperidine rings is 1. The Balaban J connectivity index is 1.58. The lowest BCUT2D eigenvalue weighted by atomic mass is 10.00. The van der Waals surface area contributed by atoms with Crippen LogP contribution in [0.2, 0.25) is 0 Å². The van der Waals surface area contributed by atoms with Crippen LogP contribution in [-0.4, -0.2) is 72.2 Å². The predicted molar refractivity (Wildman–Crippen MR) is 82.9 cm³/mol. The van der Waals surface area contributed by atoms with Crippen molar-refractivity contribution in [3.63, 3.8) is 0 Å². The molecule has 1 N–H and O–H groups in total. The van der Waals surface area contributed by atoms with Gasteiger partial charge in [-0.15, -0.1) is 0 Å². The first-order chi connectivity index (χ1) is 10.7. The molecule has 0 aromatic carbocycles. The fourth-order valence-electron chi connectivity index (χ4n) is 4.02. The SMILES string of the molecule is O=S(=O)(C1CCCC1)N1CC[C@](O)(CN2CCC(F)(F)CC2)C1. The first kappa shape index (κ1) is 17.5. The highest BCUT2D eigenvalue weighted by Crippen LogP contribution is 2.33. The van der Waals surface area contributed by atoms with Crippen LogP contribution in [0.4, 0.5) is 8.78 Å². The third-order valence-electron chi connectivity index (χ3n) is 5.49. The quantitative estimate of drug-likeness (QED) is 0.831.